The minimum atomic E-state index is -0.429. The molecule has 25 heavy (non-hydrogen) atoms. The van der Waals surface area contributed by atoms with Crippen LogP contribution in [-0.2, 0) is 4.79 Å². The fourth-order valence-corrected chi connectivity index (χ4v) is 2.86. The van der Waals surface area contributed by atoms with Crippen LogP contribution in [0.3, 0.4) is 0 Å². The molecule has 128 valence electrons. The molecule has 1 aliphatic heterocycles. The van der Waals surface area contributed by atoms with Crippen LogP contribution in [0.4, 0.5) is 5.69 Å². The normalized spacial score (nSPS) is 16.8. The van der Waals surface area contributed by atoms with Crippen LogP contribution in [0.1, 0.15) is 37.4 Å². The zero-order valence-corrected chi connectivity index (χ0v) is 14.1. The minimum absolute atomic E-state index is 0.0363. The van der Waals surface area contributed by atoms with Gasteiger partial charge in [0.25, 0.3) is 5.69 Å². The number of hydrazone groups is 1. The number of carbonyl (C=O) groups is 1. The predicted octanol–water partition coefficient (Wildman–Crippen LogP) is 3.93. The highest BCUT2D eigenvalue weighted by Crippen LogP contribution is 2.33. The van der Waals surface area contributed by atoms with E-state index in [9.17, 15) is 14.9 Å². The molecule has 0 spiro atoms. The number of nitro groups is 1. The van der Waals surface area contributed by atoms with Crippen LogP contribution in [0.25, 0.3) is 0 Å². The SMILES string of the molecule is CC(C)C(=O)N1N=C(c2ccc([N+](=O)[O-])cc2)CC1c1ccccc1. The van der Waals surface area contributed by atoms with Gasteiger partial charge >= 0.3 is 0 Å². The van der Waals surface area contributed by atoms with Crippen LogP contribution in [0.5, 0.6) is 0 Å². The van der Waals surface area contributed by atoms with Crippen molar-refractivity contribution in [3.63, 3.8) is 0 Å². The number of hydrogen-bond acceptors (Lipinski definition) is 4. The molecule has 2 aromatic carbocycles. The highest BCUT2D eigenvalue weighted by Gasteiger charge is 2.34. The second-order valence-electron chi connectivity index (χ2n) is 6.32. The Hall–Kier alpha value is -3.02. The molecular weight excluding hydrogens is 318 g/mol. The highest BCUT2D eigenvalue weighted by molar-refractivity contribution is 6.03. The second-order valence-corrected chi connectivity index (χ2v) is 6.32. The fourth-order valence-electron chi connectivity index (χ4n) is 2.86. The molecule has 0 aromatic heterocycles. The lowest BCUT2D eigenvalue weighted by atomic mass is 9.98. The van der Waals surface area contributed by atoms with E-state index in [0.29, 0.717) is 6.42 Å². The zero-order valence-electron chi connectivity index (χ0n) is 14.1. The van der Waals surface area contributed by atoms with E-state index in [0.717, 1.165) is 16.8 Å². The maximum Gasteiger partial charge on any atom is 0.269 e. The average molecular weight is 337 g/mol. The maximum absolute atomic E-state index is 12.6. The quantitative estimate of drug-likeness (QED) is 0.626. The van der Waals surface area contributed by atoms with Gasteiger partial charge in [-0.3, -0.25) is 14.9 Å². The number of hydrogen-bond donors (Lipinski definition) is 0. The van der Waals surface area contributed by atoms with Gasteiger partial charge in [-0.1, -0.05) is 44.2 Å². The Bertz CT molecular complexity index is 814. The van der Waals surface area contributed by atoms with E-state index in [1.165, 1.54) is 12.1 Å². The summed E-state index contributed by atoms with van der Waals surface area (Å²) in [5, 5.41) is 16.9. The Morgan fingerprint density at radius 1 is 1.16 bits per heavy atom. The largest absolute Gasteiger partial charge is 0.273 e. The van der Waals surface area contributed by atoms with Gasteiger partial charge in [0.2, 0.25) is 5.91 Å². The fraction of sp³-hybridized carbons (Fsp3) is 0.263. The Morgan fingerprint density at radius 2 is 1.80 bits per heavy atom. The van der Waals surface area contributed by atoms with E-state index in [-0.39, 0.29) is 23.6 Å². The lowest BCUT2D eigenvalue weighted by Gasteiger charge is -2.23. The molecule has 0 radical (unpaired) electrons. The van der Waals surface area contributed by atoms with E-state index >= 15 is 0 Å². The molecule has 0 N–H and O–H groups in total. The van der Waals surface area contributed by atoms with Crippen LogP contribution < -0.4 is 0 Å². The Morgan fingerprint density at radius 3 is 2.36 bits per heavy atom. The minimum Gasteiger partial charge on any atom is -0.273 e. The van der Waals surface area contributed by atoms with E-state index in [1.54, 1.807) is 17.1 Å². The molecule has 0 bridgehead atoms. The third-order valence-electron chi connectivity index (χ3n) is 4.23. The molecule has 0 saturated carbocycles. The van der Waals surface area contributed by atoms with Gasteiger partial charge in [-0.25, -0.2) is 5.01 Å². The Kier molecular flexibility index (Phi) is 4.61. The molecular formula is C19H19N3O3. The van der Waals surface area contributed by atoms with E-state index in [2.05, 4.69) is 5.10 Å². The maximum atomic E-state index is 12.6. The first-order chi connectivity index (χ1) is 12.0. The zero-order chi connectivity index (χ0) is 18.0. The van der Waals surface area contributed by atoms with Crippen molar-refractivity contribution < 1.29 is 9.72 Å². The lowest BCUT2D eigenvalue weighted by Crippen LogP contribution is -2.30. The van der Waals surface area contributed by atoms with Crippen molar-refractivity contribution in [3.8, 4) is 0 Å². The number of non-ortho nitro benzene ring substituents is 1. The van der Waals surface area contributed by atoms with E-state index in [1.807, 2.05) is 44.2 Å². The molecule has 2 aromatic rings. The van der Waals surface area contributed by atoms with Gasteiger partial charge < -0.3 is 0 Å². The average Bonchev–Trinajstić information content (AvgIpc) is 3.07. The summed E-state index contributed by atoms with van der Waals surface area (Å²) in [7, 11) is 0. The molecule has 0 fully saturated rings. The summed E-state index contributed by atoms with van der Waals surface area (Å²) in [4.78, 5) is 23.0. The first kappa shape index (κ1) is 16.8. The smallest absolute Gasteiger partial charge is 0.269 e. The Labute approximate surface area is 145 Å². The molecule has 1 heterocycles. The molecule has 0 saturated heterocycles. The predicted molar refractivity (Wildman–Crippen MR) is 95.1 cm³/mol. The summed E-state index contributed by atoms with van der Waals surface area (Å²) >= 11 is 0. The molecule has 1 unspecified atom stereocenters. The van der Waals surface area contributed by atoms with Crippen molar-refractivity contribution in [2.45, 2.75) is 26.3 Å². The van der Waals surface area contributed by atoms with Gasteiger partial charge in [0.05, 0.1) is 16.7 Å². The summed E-state index contributed by atoms with van der Waals surface area (Å²) in [5.74, 6) is -0.197. The molecule has 1 aliphatic rings. The number of carbonyl (C=O) groups excluding carboxylic acids is 1. The second kappa shape index (κ2) is 6.84. The summed E-state index contributed by atoms with van der Waals surface area (Å²) in [6.07, 6.45) is 0.584. The van der Waals surface area contributed by atoms with Crippen molar-refractivity contribution in [3.05, 3.63) is 75.8 Å². The van der Waals surface area contributed by atoms with Gasteiger partial charge in [0, 0.05) is 24.5 Å². The summed E-state index contributed by atoms with van der Waals surface area (Å²) in [6.45, 7) is 3.70. The van der Waals surface area contributed by atoms with Crippen LogP contribution in [0.15, 0.2) is 59.7 Å². The lowest BCUT2D eigenvalue weighted by molar-refractivity contribution is -0.384. The molecule has 1 atom stereocenters. The Balaban J connectivity index is 1.94. The third-order valence-corrected chi connectivity index (χ3v) is 4.23. The monoisotopic (exact) mass is 337 g/mol. The van der Waals surface area contributed by atoms with Crippen LogP contribution in [0.2, 0.25) is 0 Å². The van der Waals surface area contributed by atoms with E-state index in [4.69, 9.17) is 0 Å². The van der Waals surface area contributed by atoms with Crippen molar-refractivity contribution in [1.82, 2.24) is 5.01 Å². The number of amides is 1. The molecule has 3 rings (SSSR count). The molecule has 6 heteroatoms. The van der Waals surface area contributed by atoms with Gasteiger partial charge in [-0.2, -0.15) is 5.10 Å². The van der Waals surface area contributed by atoms with Crippen molar-refractivity contribution in [1.29, 1.82) is 0 Å². The van der Waals surface area contributed by atoms with Gasteiger partial charge in [0.1, 0.15) is 0 Å². The highest BCUT2D eigenvalue weighted by atomic mass is 16.6. The van der Waals surface area contributed by atoms with E-state index < -0.39 is 4.92 Å². The topological polar surface area (TPSA) is 75.8 Å². The molecule has 1 amide bonds. The summed E-state index contributed by atoms with van der Waals surface area (Å²) < 4.78 is 0. The van der Waals surface area contributed by atoms with Gasteiger partial charge in [-0.05, 0) is 23.3 Å². The standard InChI is InChI=1S/C19H19N3O3/c1-13(2)19(23)21-18(15-6-4-3-5-7-15)12-17(20-21)14-8-10-16(11-9-14)22(24)25/h3-11,13,18H,12H2,1-2H3. The first-order valence-electron chi connectivity index (χ1n) is 8.17. The molecule has 6 nitrogen and oxygen atoms in total. The van der Waals surface area contributed by atoms with Crippen molar-refractivity contribution in [2.75, 3.05) is 0 Å². The van der Waals surface area contributed by atoms with Crippen molar-refractivity contribution in [2.24, 2.45) is 11.0 Å². The van der Waals surface area contributed by atoms with Gasteiger partial charge in [0.15, 0.2) is 0 Å². The van der Waals surface area contributed by atoms with Crippen LogP contribution in [-0.4, -0.2) is 21.6 Å². The third kappa shape index (κ3) is 3.42. The number of benzene rings is 2. The summed E-state index contributed by atoms with van der Waals surface area (Å²) in [6, 6.07) is 15.9. The first-order valence-corrected chi connectivity index (χ1v) is 8.17. The summed E-state index contributed by atoms with van der Waals surface area (Å²) in [5.41, 5.74) is 2.62. The van der Waals surface area contributed by atoms with Crippen molar-refractivity contribution >= 4 is 17.3 Å². The van der Waals surface area contributed by atoms with Gasteiger partial charge in [-0.15, -0.1) is 0 Å². The number of rotatable bonds is 4. The number of nitro benzene ring substituents is 1. The van der Waals surface area contributed by atoms with Crippen LogP contribution >= 0.6 is 0 Å². The van der Waals surface area contributed by atoms with Crippen LogP contribution in [0, 0.1) is 16.0 Å². The number of nitrogens with zero attached hydrogens (tertiary/aromatic N) is 3. The molecule has 0 aliphatic carbocycles.